The maximum Gasteiger partial charge on any atom is 0.274 e. The molecule has 1 amide bonds. The first kappa shape index (κ1) is 24.0. The molecule has 1 saturated heterocycles. The smallest absolute Gasteiger partial charge is 0.274 e. The first-order valence-electron chi connectivity index (χ1n) is 10.1. The lowest BCUT2D eigenvalue weighted by molar-refractivity contribution is -0.385. The average Bonchev–Trinajstić information content (AvgIpc) is 2.76. The van der Waals surface area contributed by atoms with Crippen molar-refractivity contribution in [3.63, 3.8) is 0 Å². The maximum absolute atomic E-state index is 13.2. The summed E-state index contributed by atoms with van der Waals surface area (Å²) >= 11 is 6.01. The number of nitrogens with one attached hydrogen (secondary N) is 1. The van der Waals surface area contributed by atoms with Crippen molar-refractivity contribution in [3.8, 4) is 5.75 Å². The van der Waals surface area contributed by atoms with Crippen LogP contribution in [0.3, 0.4) is 0 Å². The largest absolute Gasteiger partial charge is 0.492 e. The van der Waals surface area contributed by atoms with E-state index >= 15 is 0 Å². The summed E-state index contributed by atoms with van der Waals surface area (Å²) in [6, 6.07) is 8.95. The van der Waals surface area contributed by atoms with Crippen molar-refractivity contribution in [2.24, 2.45) is 5.92 Å². The summed E-state index contributed by atoms with van der Waals surface area (Å²) in [5.41, 5.74) is 0.671. The highest BCUT2D eigenvalue weighted by atomic mass is 35.5. The highest BCUT2D eigenvalue weighted by molar-refractivity contribution is 7.89. The molecule has 0 spiro atoms. The Balaban J connectivity index is 1.70. The van der Waals surface area contributed by atoms with Crippen molar-refractivity contribution in [1.82, 2.24) is 4.31 Å². The third-order valence-electron chi connectivity index (χ3n) is 5.41. The Hall–Kier alpha value is -2.69. The van der Waals surface area contributed by atoms with Gasteiger partial charge in [0.15, 0.2) is 0 Å². The van der Waals surface area contributed by atoms with E-state index in [1.807, 2.05) is 0 Å². The number of piperidine rings is 1. The summed E-state index contributed by atoms with van der Waals surface area (Å²) in [6.45, 7) is 3.96. The van der Waals surface area contributed by atoms with Crippen LogP contribution in [0.25, 0.3) is 0 Å². The number of rotatable bonds is 7. The van der Waals surface area contributed by atoms with Crippen LogP contribution in [0.2, 0.25) is 5.02 Å². The quantitative estimate of drug-likeness (QED) is 0.471. The van der Waals surface area contributed by atoms with Crippen LogP contribution in [0.15, 0.2) is 41.3 Å². The Morgan fingerprint density at radius 1 is 1.28 bits per heavy atom. The summed E-state index contributed by atoms with van der Waals surface area (Å²) in [5, 5.41) is 14.1. The first-order chi connectivity index (χ1) is 15.1. The number of benzene rings is 2. The summed E-state index contributed by atoms with van der Waals surface area (Å²) in [5.74, 6) is -0.466. The molecule has 2 aromatic carbocycles. The number of carbonyl (C=O) groups is 1. The van der Waals surface area contributed by atoms with Crippen LogP contribution < -0.4 is 10.1 Å². The number of nitro benzene ring substituents is 1. The van der Waals surface area contributed by atoms with Crippen molar-refractivity contribution >= 4 is 38.9 Å². The SMILES string of the molecule is CCOc1ccc(Cl)cc1S(=O)(=O)N1CCC(C(=O)Nc2cccc([N+](=O)[O-])c2C)CC1. The number of hydrogen-bond acceptors (Lipinski definition) is 6. The Morgan fingerprint density at radius 2 is 1.97 bits per heavy atom. The van der Waals surface area contributed by atoms with Crippen molar-refractivity contribution in [2.45, 2.75) is 31.6 Å². The number of nitro groups is 1. The zero-order chi connectivity index (χ0) is 23.5. The van der Waals surface area contributed by atoms with Gasteiger partial charge in [-0.2, -0.15) is 4.31 Å². The second kappa shape index (κ2) is 9.85. The molecule has 0 saturated carbocycles. The molecule has 0 radical (unpaired) electrons. The van der Waals surface area contributed by atoms with Crippen molar-refractivity contribution in [3.05, 3.63) is 57.1 Å². The van der Waals surface area contributed by atoms with E-state index in [1.54, 1.807) is 26.0 Å². The third-order valence-corrected chi connectivity index (χ3v) is 7.56. The van der Waals surface area contributed by atoms with Gasteiger partial charge in [-0.25, -0.2) is 8.42 Å². The second-order valence-electron chi connectivity index (χ2n) is 7.40. The highest BCUT2D eigenvalue weighted by Crippen LogP contribution is 2.33. The lowest BCUT2D eigenvalue weighted by Gasteiger charge is -2.31. The number of amides is 1. The maximum atomic E-state index is 13.2. The van der Waals surface area contributed by atoms with E-state index in [2.05, 4.69) is 5.32 Å². The van der Waals surface area contributed by atoms with E-state index in [0.29, 0.717) is 30.7 Å². The van der Waals surface area contributed by atoms with Crippen LogP contribution in [-0.4, -0.2) is 43.2 Å². The normalized spacial score (nSPS) is 15.3. The minimum absolute atomic E-state index is 0.00183. The fraction of sp³-hybridized carbons (Fsp3) is 0.381. The van der Waals surface area contributed by atoms with E-state index < -0.39 is 20.9 Å². The zero-order valence-corrected chi connectivity index (χ0v) is 19.3. The van der Waals surface area contributed by atoms with E-state index in [0.717, 1.165) is 0 Å². The predicted molar refractivity (Wildman–Crippen MR) is 121 cm³/mol. The van der Waals surface area contributed by atoms with Crippen LogP contribution in [-0.2, 0) is 14.8 Å². The van der Waals surface area contributed by atoms with Gasteiger partial charge < -0.3 is 10.1 Å². The molecule has 0 bridgehead atoms. The Labute approximate surface area is 191 Å². The first-order valence-corrected chi connectivity index (χ1v) is 11.9. The number of carbonyl (C=O) groups excluding carboxylic acids is 1. The van der Waals surface area contributed by atoms with Crippen LogP contribution in [0.4, 0.5) is 11.4 Å². The van der Waals surface area contributed by atoms with Gasteiger partial charge in [-0.15, -0.1) is 0 Å². The van der Waals surface area contributed by atoms with Crippen LogP contribution in [0.1, 0.15) is 25.3 Å². The van der Waals surface area contributed by atoms with Crippen molar-refractivity contribution < 1.29 is 22.9 Å². The Kier molecular flexibility index (Phi) is 7.37. The molecule has 1 aliphatic heterocycles. The van der Waals surface area contributed by atoms with E-state index in [1.165, 1.54) is 28.6 Å². The molecule has 0 aromatic heterocycles. The highest BCUT2D eigenvalue weighted by Gasteiger charge is 2.34. The van der Waals surface area contributed by atoms with Crippen molar-refractivity contribution in [1.29, 1.82) is 0 Å². The van der Waals surface area contributed by atoms with E-state index in [4.69, 9.17) is 16.3 Å². The predicted octanol–water partition coefficient (Wildman–Crippen LogP) is 3.99. The van der Waals surface area contributed by atoms with Gasteiger partial charge in [0.2, 0.25) is 15.9 Å². The molecule has 1 heterocycles. The fourth-order valence-electron chi connectivity index (χ4n) is 3.65. The summed E-state index contributed by atoms with van der Waals surface area (Å²) in [7, 11) is -3.85. The summed E-state index contributed by atoms with van der Waals surface area (Å²) in [4.78, 5) is 23.3. The number of hydrogen-bond donors (Lipinski definition) is 1. The van der Waals surface area contributed by atoms with Gasteiger partial charge >= 0.3 is 0 Å². The molecule has 9 nitrogen and oxygen atoms in total. The van der Waals surface area contributed by atoms with E-state index in [-0.39, 0.29) is 40.4 Å². The van der Waals surface area contributed by atoms with Gasteiger partial charge in [0.05, 0.1) is 22.8 Å². The van der Waals surface area contributed by atoms with Gasteiger partial charge in [0.25, 0.3) is 5.69 Å². The molecule has 3 rings (SSSR count). The fourth-order valence-corrected chi connectivity index (χ4v) is 5.51. The molecule has 1 aliphatic rings. The Morgan fingerprint density at radius 3 is 2.59 bits per heavy atom. The summed E-state index contributed by atoms with van der Waals surface area (Å²) < 4.78 is 33.1. The molecule has 11 heteroatoms. The van der Waals surface area contributed by atoms with Crippen LogP contribution >= 0.6 is 11.6 Å². The molecule has 0 atom stereocenters. The lowest BCUT2D eigenvalue weighted by Crippen LogP contribution is -2.41. The third kappa shape index (κ3) is 5.03. The number of sulfonamides is 1. The standard InChI is InChI=1S/C21H24ClN3O6S/c1-3-31-19-8-7-16(22)13-20(19)32(29,30)24-11-9-15(10-12-24)21(26)23-17-5-4-6-18(14(17)2)25(27)28/h4-8,13,15H,3,9-12H2,1-2H3,(H,23,26). The number of ether oxygens (including phenoxy) is 1. The number of nitrogens with zero attached hydrogens (tertiary/aromatic N) is 2. The zero-order valence-electron chi connectivity index (χ0n) is 17.7. The van der Waals surface area contributed by atoms with Gasteiger partial charge in [0.1, 0.15) is 10.6 Å². The minimum atomic E-state index is -3.85. The molecular weight excluding hydrogens is 458 g/mol. The number of halogens is 1. The number of anilines is 1. The minimum Gasteiger partial charge on any atom is -0.492 e. The molecule has 2 aromatic rings. The monoisotopic (exact) mass is 481 g/mol. The van der Waals surface area contributed by atoms with E-state index in [9.17, 15) is 23.3 Å². The van der Waals surface area contributed by atoms with Gasteiger partial charge in [-0.3, -0.25) is 14.9 Å². The van der Waals surface area contributed by atoms with Gasteiger partial charge in [-0.05, 0) is 51.0 Å². The summed E-state index contributed by atoms with van der Waals surface area (Å²) in [6.07, 6.45) is 0.646. The van der Waals surface area contributed by atoms with Gasteiger partial charge in [0, 0.05) is 30.1 Å². The van der Waals surface area contributed by atoms with Crippen LogP contribution in [0, 0.1) is 23.0 Å². The lowest BCUT2D eigenvalue weighted by atomic mass is 9.97. The molecule has 172 valence electrons. The van der Waals surface area contributed by atoms with Gasteiger partial charge in [-0.1, -0.05) is 17.7 Å². The Bertz CT molecular complexity index is 1130. The molecular formula is C21H24ClN3O6S. The molecule has 32 heavy (non-hydrogen) atoms. The molecule has 1 fully saturated rings. The topological polar surface area (TPSA) is 119 Å². The second-order valence-corrected chi connectivity index (χ2v) is 9.74. The molecule has 1 N–H and O–H groups in total. The molecule has 0 aliphatic carbocycles. The average molecular weight is 482 g/mol. The molecule has 0 unspecified atom stereocenters. The van der Waals surface area contributed by atoms with Crippen LogP contribution in [0.5, 0.6) is 5.75 Å². The van der Waals surface area contributed by atoms with Crippen molar-refractivity contribution in [2.75, 3.05) is 25.0 Å².